The first-order chi connectivity index (χ1) is 36.5. The number of hydrogen-bond acceptors (Lipinski definition) is 14. The molecule has 19 nitrogen and oxygen atoms in total. The number of rotatable bonds is 18. The summed E-state index contributed by atoms with van der Waals surface area (Å²) in [6, 6.07) is 15.6. The van der Waals surface area contributed by atoms with Crippen LogP contribution in [0.4, 0.5) is 24.7 Å². The number of likely N-dealkylation sites (tertiary alicyclic amines) is 2. The number of aryl methyl sites for hydroxylation is 2. The fraction of sp³-hybridized carbons (Fsp3) is 0.377. The van der Waals surface area contributed by atoms with Gasteiger partial charge in [-0.1, -0.05) is 63.2 Å². The van der Waals surface area contributed by atoms with E-state index in [1.165, 1.54) is 47.4 Å². The second-order valence-corrected chi connectivity index (χ2v) is 23.0. The van der Waals surface area contributed by atoms with E-state index in [0.717, 1.165) is 21.7 Å². The average molecular weight is 1100 g/mol. The lowest BCUT2D eigenvalue weighted by atomic mass is 9.85. The van der Waals surface area contributed by atoms with Crippen LogP contribution in [0.15, 0.2) is 90.8 Å². The van der Waals surface area contributed by atoms with Crippen LogP contribution in [0.3, 0.4) is 0 Å². The van der Waals surface area contributed by atoms with Crippen LogP contribution in [0.1, 0.15) is 69.5 Å². The second-order valence-electron chi connectivity index (χ2n) is 20.5. The number of fused-ring (bicyclic) bond motifs is 1. The molecule has 2 fully saturated rings. The third kappa shape index (κ3) is 11.8. The first-order valence-corrected chi connectivity index (χ1v) is 27.3. The van der Waals surface area contributed by atoms with Crippen molar-refractivity contribution in [2.75, 3.05) is 36.6 Å². The zero-order valence-electron chi connectivity index (χ0n) is 43.1. The maximum atomic E-state index is 14.2. The Morgan fingerprint density at radius 1 is 0.974 bits per heavy atom. The Morgan fingerprint density at radius 2 is 1.69 bits per heavy atom. The third-order valence-corrected chi connectivity index (χ3v) is 15.8. The molecule has 3 aromatic carbocycles. The fourth-order valence-electron chi connectivity index (χ4n) is 9.63. The van der Waals surface area contributed by atoms with Crippen LogP contribution in [0.25, 0.3) is 43.7 Å². The molecule has 2 aliphatic rings. The predicted molar refractivity (Wildman–Crippen MR) is 285 cm³/mol. The van der Waals surface area contributed by atoms with Crippen LogP contribution in [0.5, 0.6) is 5.75 Å². The molecule has 2 aliphatic heterocycles. The minimum Gasteiger partial charge on any atom is -0.484 e. The van der Waals surface area contributed by atoms with E-state index in [1.807, 2.05) is 67.6 Å². The van der Waals surface area contributed by atoms with Gasteiger partial charge in [0.25, 0.3) is 10.0 Å². The number of benzene rings is 3. The number of ether oxygens (including phenoxy) is 1. The summed E-state index contributed by atoms with van der Waals surface area (Å²) in [5, 5.41) is 26.4. The molecule has 0 aliphatic carbocycles. The highest BCUT2D eigenvalue weighted by molar-refractivity contribution is 7.93. The Balaban J connectivity index is 0.827. The number of thiazole rings is 1. The molecule has 0 bridgehead atoms. The summed E-state index contributed by atoms with van der Waals surface area (Å²) in [5.74, 6) is -5.30. The summed E-state index contributed by atoms with van der Waals surface area (Å²) in [6.45, 7) is 10.9. The van der Waals surface area contributed by atoms with E-state index in [0.29, 0.717) is 58.5 Å². The lowest BCUT2D eigenvalue weighted by molar-refractivity contribution is -0.144. The van der Waals surface area contributed by atoms with Crippen molar-refractivity contribution >= 4 is 61.5 Å². The molecule has 0 saturated carbocycles. The molecule has 0 spiro atoms. The summed E-state index contributed by atoms with van der Waals surface area (Å²) in [5.41, 5.74) is 13.4. The van der Waals surface area contributed by atoms with Crippen molar-refractivity contribution in [2.24, 2.45) is 12.5 Å². The highest BCUT2D eigenvalue weighted by Gasteiger charge is 2.44. The van der Waals surface area contributed by atoms with Gasteiger partial charge in [-0.25, -0.2) is 22.8 Å². The smallest absolute Gasteiger partial charge is 0.355 e. The quantitative estimate of drug-likeness (QED) is 0.0594. The van der Waals surface area contributed by atoms with Gasteiger partial charge in [0.15, 0.2) is 0 Å². The molecule has 3 amide bonds. The van der Waals surface area contributed by atoms with E-state index in [2.05, 4.69) is 30.6 Å². The number of anilines is 2. The summed E-state index contributed by atoms with van der Waals surface area (Å²) < 4.78 is 76.8. The van der Waals surface area contributed by atoms with Gasteiger partial charge >= 0.3 is 5.76 Å². The Kier molecular flexibility index (Phi) is 15.5. The Bertz CT molecular complexity index is 3430. The highest BCUT2D eigenvalue weighted by Crippen LogP contribution is 2.41. The van der Waals surface area contributed by atoms with E-state index in [4.69, 9.17) is 15.6 Å². The number of nitrogen functional groups attached to an aromatic ring is 1. The SMILES string of the molecule is Cc1ncsc1-c1ccc(CNC(=O)[C@@H]2C[C@@H](O)CN2C(=O)[C@@H](NC(=O)CCN2CC(n3cc(-c4cnc(N)c5c(-c6ccc(NS(=O)(=O)C(F)F)c(O[C@@H](C)c7ccc(F)cc7)c6)nn(C)c45)cn3)C2)C(C)(C)C)cc1. The van der Waals surface area contributed by atoms with Crippen LogP contribution in [-0.4, -0.2) is 121 Å². The van der Waals surface area contributed by atoms with Gasteiger partial charge in [0.1, 0.15) is 41.3 Å². The molecule has 6 heterocycles. The van der Waals surface area contributed by atoms with Crippen molar-refractivity contribution in [3.8, 4) is 38.6 Å². The molecule has 77 heavy (non-hydrogen) atoms. The standard InChI is InChI=1S/C53H59F3N12O7S2/c1-29-47(76-28-60-29)33-9-7-31(8-10-33)21-59-50(71)41-20-38(69)27-67(41)51(72)48(53(3,4)5)62-43(70)17-18-66-25-37(26-66)68-24-35(22-61-68)39-23-58-49(57)44-45(63-65(6)46(39)44)34-13-16-40(64-77(73,74)52(55)56)42(19-34)75-30(2)32-11-14-36(54)15-12-32/h7-16,19,22-24,28,30,37-38,41,48,52,64,69H,17-18,20-21,25-27H2,1-6H3,(H2,57,58)(H,59,71)(H,62,70)/t30-,38+,41-,48+/m0/s1. The number of amides is 3. The summed E-state index contributed by atoms with van der Waals surface area (Å²) in [4.78, 5) is 54.7. The van der Waals surface area contributed by atoms with Gasteiger partial charge < -0.3 is 31.1 Å². The minimum absolute atomic E-state index is 0.0242. The topological polar surface area (TPSA) is 245 Å². The van der Waals surface area contributed by atoms with Crippen LogP contribution < -0.4 is 25.8 Å². The number of sulfonamides is 1. The van der Waals surface area contributed by atoms with Crippen molar-refractivity contribution in [1.82, 2.24) is 50.0 Å². The van der Waals surface area contributed by atoms with E-state index >= 15 is 0 Å². The maximum Gasteiger partial charge on any atom is 0.355 e. The number of aromatic nitrogens is 6. The number of nitrogens with two attached hydrogens (primary N) is 1. The number of β-amino-alcohol motifs (C(OH)–C–C–N with tert-alkyl or cyclic N) is 1. The number of nitrogens with one attached hydrogen (secondary N) is 3. The minimum atomic E-state index is -5.09. The molecular formula is C53H59F3N12O7S2. The number of nitrogens with zero attached hydrogens (tertiary/aromatic N) is 8. The number of carbonyl (C=O) groups is 3. The van der Waals surface area contributed by atoms with Gasteiger partial charge in [-0.2, -0.15) is 19.0 Å². The van der Waals surface area contributed by atoms with Crippen LogP contribution in [0, 0.1) is 18.2 Å². The Morgan fingerprint density at radius 3 is 2.36 bits per heavy atom. The van der Waals surface area contributed by atoms with E-state index in [1.54, 1.807) is 47.9 Å². The first kappa shape index (κ1) is 54.4. The van der Waals surface area contributed by atoms with E-state index in [-0.39, 0.29) is 61.0 Å². The molecule has 2 saturated heterocycles. The van der Waals surface area contributed by atoms with E-state index in [9.17, 15) is 41.1 Å². The molecule has 4 atom stereocenters. The Labute approximate surface area is 446 Å². The molecular weight excluding hydrogens is 1040 g/mol. The number of aliphatic hydroxyl groups excluding tert-OH is 1. The molecule has 0 unspecified atom stereocenters. The number of aliphatic hydroxyl groups is 1. The number of hydrogen-bond donors (Lipinski definition) is 5. The predicted octanol–water partition coefficient (Wildman–Crippen LogP) is 6.81. The number of halogens is 3. The van der Waals surface area contributed by atoms with Crippen molar-refractivity contribution in [1.29, 1.82) is 0 Å². The lowest BCUT2D eigenvalue weighted by Crippen LogP contribution is -2.58. The van der Waals surface area contributed by atoms with Gasteiger partial charge in [-0.05, 0) is 60.2 Å². The molecule has 24 heteroatoms. The van der Waals surface area contributed by atoms with Crippen LogP contribution in [0.2, 0.25) is 0 Å². The molecule has 7 aromatic rings. The summed E-state index contributed by atoms with van der Waals surface area (Å²) in [6.07, 6.45) is 3.71. The zero-order valence-corrected chi connectivity index (χ0v) is 44.7. The fourth-order valence-corrected chi connectivity index (χ4v) is 11.0. The van der Waals surface area contributed by atoms with Gasteiger partial charge in [0.05, 0.1) is 51.0 Å². The first-order valence-electron chi connectivity index (χ1n) is 24.8. The van der Waals surface area contributed by atoms with Crippen molar-refractivity contribution in [2.45, 2.75) is 90.1 Å². The highest BCUT2D eigenvalue weighted by atomic mass is 32.2. The van der Waals surface area contributed by atoms with Gasteiger partial charge in [-0.15, -0.1) is 11.3 Å². The molecule has 406 valence electrons. The van der Waals surface area contributed by atoms with Crippen molar-refractivity contribution in [3.05, 3.63) is 113 Å². The number of alkyl halides is 2. The number of pyridine rings is 1. The van der Waals surface area contributed by atoms with Crippen molar-refractivity contribution < 1.29 is 45.8 Å². The molecule has 0 radical (unpaired) electrons. The van der Waals surface area contributed by atoms with Crippen LogP contribution >= 0.6 is 11.3 Å². The normalized spacial score (nSPS) is 17.1. The largest absolute Gasteiger partial charge is 0.484 e. The molecule has 9 rings (SSSR count). The molecule has 4 aromatic heterocycles. The van der Waals surface area contributed by atoms with Crippen molar-refractivity contribution in [3.63, 3.8) is 0 Å². The maximum absolute atomic E-state index is 14.2. The monoisotopic (exact) mass is 1100 g/mol. The summed E-state index contributed by atoms with van der Waals surface area (Å²) in [7, 11) is -3.37. The van der Waals surface area contributed by atoms with Gasteiger partial charge in [0, 0.05) is 81.7 Å². The zero-order chi connectivity index (χ0) is 55.1. The summed E-state index contributed by atoms with van der Waals surface area (Å²) >= 11 is 1.56. The Hall–Kier alpha value is -7.41. The average Bonchev–Trinajstić information content (AvgIpc) is 4.31. The molecule has 6 N–H and O–H groups in total. The van der Waals surface area contributed by atoms with Gasteiger partial charge in [0.2, 0.25) is 17.7 Å². The number of carbonyl (C=O) groups excluding carboxylic acids is 3. The third-order valence-electron chi connectivity index (χ3n) is 13.9. The van der Waals surface area contributed by atoms with Gasteiger partial charge in [-0.3, -0.25) is 33.4 Å². The van der Waals surface area contributed by atoms with Crippen LogP contribution in [-0.2, 0) is 38.0 Å². The lowest BCUT2D eigenvalue weighted by Gasteiger charge is -2.39. The second kappa shape index (κ2) is 21.9. The van der Waals surface area contributed by atoms with E-state index < -0.39 is 57.2 Å².